The van der Waals surface area contributed by atoms with Gasteiger partial charge in [0.15, 0.2) is 0 Å². The van der Waals surface area contributed by atoms with Crippen LogP contribution in [0.5, 0.6) is 0 Å². The Morgan fingerprint density at radius 2 is 1.76 bits per heavy atom. The van der Waals surface area contributed by atoms with Gasteiger partial charge in [-0.2, -0.15) is 5.10 Å². The minimum Gasteiger partial charge on any atom is -0.465 e. The molecule has 2 aromatic carbocycles. The van der Waals surface area contributed by atoms with Gasteiger partial charge in [-0.3, -0.25) is 4.98 Å². The van der Waals surface area contributed by atoms with Crippen LogP contribution in [-0.4, -0.2) is 27.8 Å². The zero-order valence-corrected chi connectivity index (χ0v) is 15.9. The van der Waals surface area contributed by atoms with Crippen LogP contribution in [-0.2, 0) is 11.3 Å². The van der Waals surface area contributed by atoms with Gasteiger partial charge in [0, 0.05) is 30.1 Å². The first-order valence-corrected chi connectivity index (χ1v) is 9.22. The number of methoxy groups -OCH3 is 1. The number of benzene rings is 2. The topological polar surface area (TPSA) is 69.0 Å². The fourth-order valence-corrected chi connectivity index (χ4v) is 3.10. The van der Waals surface area contributed by atoms with Crippen LogP contribution in [0.2, 0.25) is 0 Å². The van der Waals surface area contributed by atoms with Crippen LogP contribution >= 0.6 is 0 Å². The van der Waals surface area contributed by atoms with Gasteiger partial charge in [-0.25, -0.2) is 9.48 Å². The maximum Gasteiger partial charge on any atom is 0.340 e. The summed E-state index contributed by atoms with van der Waals surface area (Å²) in [6.07, 6.45) is 5.19. The Bertz CT molecular complexity index is 1110. The Kier molecular flexibility index (Phi) is 5.33. The highest BCUT2D eigenvalue weighted by atomic mass is 16.5. The Labute approximate surface area is 168 Å². The van der Waals surface area contributed by atoms with Crippen molar-refractivity contribution in [3.8, 4) is 16.9 Å². The quantitative estimate of drug-likeness (QED) is 0.501. The molecule has 0 fully saturated rings. The molecule has 0 radical (unpaired) electrons. The first-order chi connectivity index (χ1) is 14.3. The van der Waals surface area contributed by atoms with E-state index in [1.807, 2.05) is 71.5 Å². The van der Waals surface area contributed by atoms with Crippen LogP contribution in [0, 0.1) is 0 Å². The van der Waals surface area contributed by atoms with Gasteiger partial charge >= 0.3 is 5.97 Å². The third kappa shape index (κ3) is 4.01. The number of anilines is 1. The number of hydrogen-bond donors (Lipinski definition) is 1. The molecule has 0 atom stereocenters. The zero-order chi connectivity index (χ0) is 20.1. The number of carbonyl (C=O) groups is 1. The molecule has 6 heteroatoms. The number of carbonyl (C=O) groups excluding carboxylic acids is 1. The normalized spacial score (nSPS) is 10.5. The summed E-state index contributed by atoms with van der Waals surface area (Å²) < 4.78 is 6.73. The lowest BCUT2D eigenvalue weighted by atomic mass is 10.1. The SMILES string of the molecule is COC(=O)c1ccncc1NCc1cn(-c2ccccc2)nc1-c1ccccc1. The molecule has 2 heterocycles. The van der Waals surface area contributed by atoms with Gasteiger partial charge < -0.3 is 10.1 Å². The number of para-hydroxylation sites is 1. The zero-order valence-electron chi connectivity index (χ0n) is 15.9. The van der Waals surface area contributed by atoms with Crippen LogP contribution in [0.1, 0.15) is 15.9 Å². The van der Waals surface area contributed by atoms with Crippen molar-refractivity contribution < 1.29 is 9.53 Å². The van der Waals surface area contributed by atoms with Crippen molar-refractivity contribution in [1.82, 2.24) is 14.8 Å². The van der Waals surface area contributed by atoms with Crippen molar-refractivity contribution in [2.45, 2.75) is 6.54 Å². The highest BCUT2D eigenvalue weighted by molar-refractivity contribution is 5.95. The molecule has 0 aliphatic carbocycles. The number of ether oxygens (including phenoxy) is 1. The number of hydrogen-bond acceptors (Lipinski definition) is 5. The first-order valence-electron chi connectivity index (χ1n) is 9.22. The van der Waals surface area contributed by atoms with Crippen molar-refractivity contribution in [3.05, 3.63) is 96.4 Å². The van der Waals surface area contributed by atoms with E-state index >= 15 is 0 Å². The largest absolute Gasteiger partial charge is 0.465 e. The van der Waals surface area contributed by atoms with Crippen LogP contribution in [0.3, 0.4) is 0 Å². The smallest absolute Gasteiger partial charge is 0.340 e. The summed E-state index contributed by atoms with van der Waals surface area (Å²) in [6.45, 7) is 0.479. The molecule has 4 aromatic rings. The van der Waals surface area contributed by atoms with E-state index in [0.29, 0.717) is 17.8 Å². The molecule has 0 aliphatic heterocycles. The first kappa shape index (κ1) is 18.4. The predicted molar refractivity (Wildman–Crippen MR) is 112 cm³/mol. The van der Waals surface area contributed by atoms with E-state index in [2.05, 4.69) is 10.3 Å². The summed E-state index contributed by atoms with van der Waals surface area (Å²) in [5.41, 5.74) is 4.95. The number of nitrogens with zero attached hydrogens (tertiary/aromatic N) is 3. The monoisotopic (exact) mass is 384 g/mol. The molecule has 2 aromatic heterocycles. The van der Waals surface area contributed by atoms with Gasteiger partial charge in [0.2, 0.25) is 0 Å². The molecule has 0 unspecified atom stereocenters. The number of aromatic nitrogens is 3. The third-order valence-electron chi connectivity index (χ3n) is 4.55. The fourth-order valence-electron chi connectivity index (χ4n) is 3.10. The highest BCUT2D eigenvalue weighted by Crippen LogP contribution is 2.25. The summed E-state index contributed by atoms with van der Waals surface area (Å²) in [6, 6.07) is 21.6. The maximum atomic E-state index is 12.0. The van der Waals surface area contributed by atoms with Gasteiger partial charge in [0.25, 0.3) is 0 Å². The molecule has 0 saturated carbocycles. The molecule has 0 spiro atoms. The summed E-state index contributed by atoms with van der Waals surface area (Å²) >= 11 is 0. The van der Waals surface area contributed by atoms with Gasteiger partial charge in [0.1, 0.15) is 0 Å². The molecule has 0 amide bonds. The van der Waals surface area contributed by atoms with E-state index in [0.717, 1.165) is 22.5 Å². The van der Waals surface area contributed by atoms with Gasteiger partial charge in [-0.15, -0.1) is 0 Å². The third-order valence-corrected chi connectivity index (χ3v) is 4.55. The summed E-state index contributed by atoms with van der Waals surface area (Å²) in [5.74, 6) is -0.404. The number of pyridine rings is 1. The Hall–Kier alpha value is -3.93. The standard InChI is InChI=1S/C23H20N4O2/c1-29-23(28)20-12-13-24-15-21(20)25-14-18-16-27(19-10-6-3-7-11-19)26-22(18)17-8-4-2-5-9-17/h2-13,15-16,25H,14H2,1H3. The molecule has 0 bridgehead atoms. The molecule has 144 valence electrons. The lowest BCUT2D eigenvalue weighted by Gasteiger charge is -2.10. The van der Waals surface area contributed by atoms with E-state index in [-0.39, 0.29) is 0 Å². The summed E-state index contributed by atoms with van der Waals surface area (Å²) in [7, 11) is 1.37. The minimum absolute atomic E-state index is 0.404. The van der Waals surface area contributed by atoms with E-state index in [4.69, 9.17) is 9.84 Å². The van der Waals surface area contributed by atoms with E-state index in [1.54, 1.807) is 18.5 Å². The van der Waals surface area contributed by atoms with Crippen LogP contribution in [0.25, 0.3) is 16.9 Å². The molecule has 4 rings (SSSR count). The van der Waals surface area contributed by atoms with E-state index in [1.165, 1.54) is 7.11 Å². The second-order valence-electron chi connectivity index (χ2n) is 6.42. The van der Waals surface area contributed by atoms with Crippen LogP contribution in [0.15, 0.2) is 85.3 Å². The van der Waals surface area contributed by atoms with Gasteiger partial charge in [0.05, 0.1) is 35.9 Å². The average Bonchev–Trinajstić information content (AvgIpc) is 3.23. The number of esters is 1. The maximum absolute atomic E-state index is 12.0. The Morgan fingerprint density at radius 1 is 1.03 bits per heavy atom. The molecular formula is C23H20N4O2. The Balaban J connectivity index is 1.68. The van der Waals surface area contributed by atoms with E-state index in [9.17, 15) is 4.79 Å². The molecule has 29 heavy (non-hydrogen) atoms. The second-order valence-corrected chi connectivity index (χ2v) is 6.42. The molecule has 6 nitrogen and oxygen atoms in total. The molecular weight excluding hydrogens is 364 g/mol. The van der Waals surface area contributed by atoms with Crippen molar-refractivity contribution in [2.75, 3.05) is 12.4 Å². The summed E-state index contributed by atoms with van der Waals surface area (Å²) in [4.78, 5) is 16.1. The Morgan fingerprint density at radius 3 is 2.48 bits per heavy atom. The molecule has 0 aliphatic rings. The second kappa shape index (κ2) is 8.39. The molecule has 0 saturated heterocycles. The van der Waals surface area contributed by atoms with E-state index < -0.39 is 5.97 Å². The minimum atomic E-state index is -0.404. The van der Waals surface area contributed by atoms with Crippen molar-refractivity contribution in [1.29, 1.82) is 0 Å². The van der Waals surface area contributed by atoms with Crippen molar-refractivity contribution >= 4 is 11.7 Å². The van der Waals surface area contributed by atoms with Crippen LogP contribution < -0.4 is 5.32 Å². The van der Waals surface area contributed by atoms with Crippen molar-refractivity contribution in [2.24, 2.45) is 0 Å². The van der Waals surface area contributed by atoms with Gasteiger partial charge in [-0.1, -0.05) is 48.5 Å². The molecule has 1 N–H and O–H groups in total. The summed E-state index contributed by atoms with van der Waals surface area (Å²) in [5, 5.41) is 8.11. The predicted octanol–water partition coefficient (Wildman–Crippen LogP) is 4.33. The number of nitrogens with one attached hydrogen (secondary N) is 1. The number of rotatable bonds is 6. The van der Waals surface area contributed by atoms with Crippen LogP contribution in [0.4, 0.5) is 5.69 Å². The lowest BCUT2D eigenvalue weighted by molar-refractivity contribution is 0.0601. The fraction of sp³-hybridized carbons (Fsp3) is 0.0870. The van der Waals surface area contributed by atoms with Crippen molar-refractivity contribution in [3.63, 3.8) is 0 Å². The van der Waals surface area contributed by atoms with Gasteiger partial charge in [-0.05, 0) is 18.2 Å². The lowest BCUT2D eigenvalue weighted by Crippen LogP contribution is -2.08. The highest BCUT2D eigenvalue weighted by Gasteiger charge is 2.15. The average molecular weight is 384 g/mol.